The highest BCUT2D eigenvalue weighted by Crippen LogP contribution is 2.38. The second-order valence-corrected chi connectivity index (χ2v) is 4.56. The number of methoxy groups -OCH3 is 3. The van der Waals surface area contributed by atoms with Crippen LogP contribution in [0.25, 0.3) is 6.08 Å². The van der Waals surface area contributed by atoms with Gasteiger partial charge in [-0.05, 0) is 24.3 Å². The molecule has 1 aromatic heterocycles. The van der Waals surface area contributed by atoms with E-state index in [4.69, 9.17) is 14.2 Å². The summed E-state index contributed by atoms with van der Waals surface area (Å²) in [5, 5.41) is 4.04. The molecule has 6 nitrogen and oxygen atoms in total. The Bertz CT molecular complexity index is 679. The highest BCUT2D eigenvalue weighted by atomic mass is 16.5. The van der Waals surface area contributed by atoms with Crippen molar-refractivity contribution < 1.29 is 19.0 Å². The van der Waals surface area contributed by atoms with E-state index in [-0.39, 0.29) is 5.78 Å². The van der Waals surface area contributed by atoms with Gasteiger partial charge in [0.2, 0.25) is 5.75 Å². The SMILES string of the molecule is COc1cc(C(=O)/C=C/c2cnn(C)c2)cc(OC)c1OC. The molecule has 6 heteroatoms. The van der Waals surface area contributed by atoms with Crippen LogP contribution in [0.15, 0.2) is 30.6 Å². The number of ketones is 1. The summed E-state index contributed by atoms with van der Waals surface area (Å²) >= 11 is 0. The van der Waals surface area contributed by atoms with E-state index in [0.29, 0.717) is 22.8 Å². The summed E-state index contributed by atoms with van der Waals surface area (Å²) < 4.78 is 17.4. The first-order valence-corrected chi connectivity index (χ1v) is 6.60. The monoisotopic (exact) mass is 302 g/mol. The first-order chi connectivity index (χ1) is 10.6. The Balaban J connectivity index is 2.31. The van der Waals surface area contributed by atoms with Crippen molar-refractivity contribution in [3.05, 3.63) is 41.7 Å². The van der Waals surface area contributed by atoms with Crippen LogP contribution in [0.4, 0.5) is 0 Å². The lowest BCUT2D eigenvalue weighted by Gasteiger charge is -2.13. The van der Waals surface area contributed by atoms with Gasteiger partial charge in [-0.2, -0.15) is 5.10 Å². The summed E-state index contributed by atoms with van der Waals surface area (Å²) in [5.41, 5.74) is 1.30. The second kappa shape index (κ2) is 6.80. The van der Waals surface area contributed by atoms with Crippen LogP contribution < -0.4 is 14.2 Å². The van der Waals surface area contributed by atoms with E-state index >= 15 is 0 Å². The van der Waals surface area contributed by atoms with Gasteiger partial charge in [0, 0.05) is 24.4 Å². The predicted octanol–water partition coefficient (Wildman–Crippen LogP) is 2.34. The minimum Gasteiger partial charge on any atom is -0.493 e. The normalized spacial score (nSPS) is 10.7. The molecule has 0 spiro atoms. The molecule has 0 aliphatic carbocycles. The fourth-order valence-corrected chi connectivity index (χ4v) is 2.02. The third-order valence-corrected chi connectivity index (χ3v) is 3.10. The molecule has 1 aromatic carbocycles. The van der Waals surface area contributed by atoms with Crippen molar-refractivity contribution in [3.63, 3.8) is 0 Å². The first-order valence-electron chi connectivity index (χ1n) is 6.60. The maximum Gasteiger partial charge on any atom is 0.203 e. The predicted molar refractivity (Wildman–Crippen MR) is 82.7 cm³/mol. The Morgan fingerprint density at radius 3 is 2.23 bits per heavy atom. The Hall–Kier alpha value is -2.76. The molecular formula is C16H18N2O4. The second-order valence-electron chi connectivity index (χ2n) is 4.56. The molecule has 2 aromatic rings. The minimum absolute atomic E-state index is 0.164. The molecule has 0 N–H and O–H groups in total. The van der Waals surface area contributed by atoms with Gasteiger partial charge < -0.3 is 14.2 Å². The van der Waals surface area contributed by atoms with Gasteiger partial charge in [-0.3, -0.25) is 9.48 Å². The van der Waals surface area contributed by atoms with E-state index in [2.05, 4.69) is 5.10 Å². The van der Waals surface area contributed by atoms with Crippen LogP contribution in [-0.4, -0.2) is 36.9 Å². The number of aryl methyl sites for hydroxylation is 1. The molecule has 0 atom stereocenters. The van der Waals surface area contributed by atoms with Crippen LogP contribution in [0, 0.1) is 0 Å². The van der Waals surface area contributed by atoms with Gasteiger partial charge >= 0.3 is 0 Å². The average molecular weight is 302 g/mol. The molecule has 0 bridgehead atoms. The van der Waals surface area contributed by atoms with Crippen molar-refractivity contribution >= 4 is 11.9 Å². The number of aromatic nitrogens is 2. The van der Waals surface area contributed by atoms with E-state index in [0.717, 1.165) is 5.56 Å². The van der Waals surface area contributed by atoms with Crippen LogP contribution in [0.5, 0.6) is 17.2 Å². The van der Waals surface area contributed by atoms with Crippen molar-refractivity contribution in [1.82, 2.24) is 9.78 Å². The third-order valence-electron chi connectivity index (χ3n) is 3.10. The number of carbonyl (C=O) groups excluding carboxylic acids is 1. The van der Waals surface area contributed by atoms with Crippen molar-refractivity contribution in [1.29, 1.82) is 0 Å². The lowest BCUT2D eigenvalue weighted by atomic mass is 10.1. The van der Waals surface area contributed by atoms with Crippen LogP contribution >= 0.6 is 0 Å². The zero-order valence-electron chi connectivity index (χ0n) is 13.0. The molecule has 22 heavy (non-hydrogen) atoms. The van der Waals surface area contributed by atoms with Gasteiger partial charge in [0.1, 0.15) is 0 Å². The van der Waals surface area contributed by atoms with E-state index in [1.807, 2.05) is 13.2 Å². The average Bonchev–Trinajstić information content (AvgIpc) is 2.96. The number of hydrogen-bond donors (Lipinski definition) is 0. The molecule has 116 valence electrons. The van der Waals surface area contributed by atoms with Crippen molar-refractivity contribution in [2.75, 3.05) is 21.3 Å². The van der Waals surface area contributed by atoms with Crippen LogP contribution in [0.2, 0.25) is 0 Å². The minimum atomic E-state index is -0.164. The molecule has 2 rings (SSSR count). The van der Waals surface area contributed by atoms with Crippen molar-refractivity contribution in [2.24, 2.45) is 7.05 Å². The molecular weight excluding hydrogens is 284 g/mol. The van der Waals surface area contributed by atoms with E-state index in [9.17, 15) is 4.79 Å². The highest BCUT2D eigenvalue weighted by Gasteiger charge is 2.15. The fraction of sp³-hybridized carbons (Fsp3) is 0.250. The Morgan fingerprint density at radius 2 is 1.77 bits per heavy atom. The lowest BCUT2D eigenvalue weighted by Crippen LogP contribution is -2.00. The molecule has 0 saturated carbocycles. The molecule has 0 saturated heterocycles. The molecule has 0 amide bonds. The summed E-state index contributed by atoms with van der Waals surface area (Å²) in [6.07, 6.45) is 6.69. The quantitative estimate of drug-likeness (QED) is 0.605. The van der Waals surface area contributed by atoms with Crippen LogP contribution in [0.1, 0.15) is 15.9 Å². The highest BCUT2D eigenvalue weighted by molar-refractivity contribution is 6.07. The van der Waals surface area contributed by atoms with Crippen LogP contribution in [0.3, 0.4) is 0 Å². The standard InChI is InChI=1S/C16H18N2O4/c1-18-10-11(9-17-18)5-6-13(19)12-7-14(20-2)16(22-4)15(8-12)21-3/h5-10H,1-4H3/b6-5+. The summed E-state index contributed by atoms with van der Waals surface area (Å²) in [7, 11) is 6.36. The van der Waals surface area contributed by atoms with E-state index in [1.54, 1.807) is 29.1 Å². The molecule has 0 unspecified atom stereocenters. The number of hydrogen-bond acceptors (Lipinski definition) is 5. The van der Waals surface area contributed by atoms with Gasteiger partial charge in [-0.15, -0.1) is 0 Å². The summed E-state index contributed by atoms with van der Waals surface area (Å²) in [6, 6.07) is 3.24. The maximum absolute atomic E-state index is 12.3. The first kappa shape index (κ1) is 15.6. The lowest BCUT2D eigenvalue weighted by molar-refractivity contribution is 0.104. The van der Waals surface area contributed by atoms with Gasteiger partial charge in [-0.25, -0.2) is 0 Å². The maximum atomic E-state index is 12.3. The van der Waals surface area contributed by atoms with Crippen molar-refractivity contribution in [3.8, 4) is 17.2 Å². The molecule has 0 radical (unpaired) electrons. The molecule has 1 heterocycles. The summed E-state index contributed by atoms with van der Waals surface area (Å²) in [4.78, 5) is 12.3. The molecule has 0 fully saturated rings. The Morgan fingerprint density at radius 1 is 1.14 bits per heavy atom. The Kier molecular flexibility index (Phi) is 4.83. The summed E-state index contributed by atoms with van der Waals surface area (Å²) in [6.45, 7) is 0. The molecule has 0 aliphatic heterocycles. The van der Waals surface area contributed by atoms with Gasteiger partial charge in [0.05, 0.1) is 27.5 Å². The van der Waals surface area contributed by atoms with Crippen molar-refractivity contribution in [2.45, 2.75) is 0 Å². The van der Waals surface area contributed by atoms with Crippen LogP contribution in [-0.2, 0) is 7.05 Å². The largest absolute Gasteiger partial charge is 0.493 e. The number of rotatable bonds is 6. The number of carbonyl (C=O) groups is 1. The third kappa shape index (κ3) is 3.28. The Labute approximate surface area is 128 Å². The van der Waals surface area contributed by atoms with E-state index in [1.165, 1.54) is 27.4 Å². The number of ether oxygens (including phenoxy) is 3. The zero-order chi connectivity index (χ0) is 16.1. The van der Waals surface area contributed by atoms with Gasteiger partial charge in [-0.1, -0.05) is 0 Å². The smallest absolute Gasteiger partial charge is 0.203 e. The van der Waals surface area contributed by atoms with E-state index < -0.39 is 0 Å². The zero-order valence-corrected chi connectivity index (χ0v) is 13.0. The number of nitrogens with zero attached hydrogens (tertiary/aromatic N) is 2. The molecule has 0 aliphatic rings. The van der Waals surface area contributed by atoms with Gasteiger partial charge in [0.25, 0.3) is 0 Å². The topological polar surface area (TPSA) is 62.6 Å². The number of allylic oxidation sites excluding steroid dienone is 1. The fourth-order valence-electron chi connectivity index (χ4n) is 2.02. The summed E-state index contributed by atoms with van der Waals surface area (Å²) in [5.74, 6) is 1.18. The number of benzene rings is 1. The van der Waals surface area contributed by atoms with Gasteiger partial charge in [0.15, 0.2) is 17.3 Å².